The predicted molar refractivity (Wildman–Crippen MR) is 137 cm³/mol. The lowest BCUT2D eigenvalue weighted by Crippen LogP contribution is -2.52. The summed E-state index contributed by atoms with van der Waals surface area (Å²) in [5, 5.41) is 0.0370. The summed E-state index contributed by atoms with van der Waals surface area (Å²) in [6, 6.07) is -0.533. The summed E-state index contributed by atoms with van der Waals surface area (Å²) in [7, 11) is -0.482. The molecule has 0 spiro atoms. The molecule has 34 heavy (non-hydrogen) atoms. The van der Waals surface area contributed by atoms with Crippen molar-refractivity contribution in [2.45, 2.75) is 124 Å². The molecule has 202 valence electrons. The molecule has 0 N–H and O–H groups in total. The molecule has 0 radical (unpaired) electrons. The van der Waals surface area contributed by atoms with Gasteiger partial charge in [-0.05, 0) is 72.0 Å². The van der Waals surface area contributed by atoms with E-state index in [1.54, 1.807) is 48.7 Å². The van der Waals surface area contributed by atoms with Crippen LogP contribution in [0, 0.1) is 5.92 Å². The molecular formula is C25H51NO7Si. The highest BCUT2D eigenvalue weighted by molar-refractivity contribution is 6.74. The van der Waals surface area contributed by atoms with Gasteiger partial charge in [-0.15, -0.1) is 0 Å². The summed E-state index contributed by atoms with van der Waals surface area (Å²) >= 11 is 0. The Morgan fingerprint density at radius 3 is 1.62 bits per heavy atom. The molecule has 0 aliphatic rings. The number of imide groups is 1. The van der Waals surface area contributed by atoms with Gasteiger partial charge in [-0.3, -0.25) is 0 Å². The molecule has 0 rings (SSSR count). The highest BCUT2D eigenvalue weighted by Gasteiger charge is 2.41. The van der Waals surface area contributed by atoms with E-state index >= 15 is 0 Å². The van der Waals surface area contributed by atoms with Crippen LogP contribution in [0.15, 0.2) is 0 Å². The molecule has 0 aliphatic carbocycles. The number of rotatable bonds is 10. The maximum absolute atomic E-state index is 13.2. The number of carbonyl (C=O) groups is 2. The van der Waals surface area contributed by atoms with Crippen molar-refractivity contribution in [3.05, 3.63) is 0 Å². The van der Waals surface area contributed by atoms with Crippen LogP contribution >= 0.6 is 0 Å². The quantitative estimate of drug-likeness (QED) is 0.245. The van der Waals surface area contributed by atoms with E-state index in [4.69, 9.17) is 23.4 Å². The summed E-state index contributed by atoms with van der Waals surface area (Å²) in [4.78, 5) is 27.5. The van der Waals surface area contributed by atoms with Crippen molar-refractivity contribution in [1.82, 2.24) is 4.90 Å². The lowest BCUT2D eigenvalue weighted by molar-refractivity contribution is -0.0962. The summed E-state index contributed by atoms with van der Waals surface area (Å²) in [6.07, 6.45) is -1.52. The maximum Gasteiger partial charge on any atom is 0.420 e. The van der Waals surface area contributed by atoms with Crippen molar-refractivity contribution in [3.63, 3.8) is 0 Å². The Morgan fingerprint density at radius 2 is 1.29 bits per heavy atom. The van der Waals surface area contributed by atoms with Crippen LogP contribution in [0.4, 0.5) is 9.59 Å². The summed E-state index contributed by atoms with van der Waals surface area (Å²) in [5.41, 5.74) is -1.54. The fraction of sp³-hybridized carbons (Fsp3) is 0.920. The first kappa shape index (κ1) is 32.8. The number of amides is 2. The van der Waals surface area contributed by atoms with E-state index in [-0.39, 0.29) is 17.7 Å². The van der Waals surface area contributed by atoms with Crippen molar-refractivity contribution in [2.24, 2.45) is 5.92 Å². The monoisotopic (exact) mass is 505 g/mol. The molecule has 0 aromatic carbocycles. The lowest BCUT2D eigenvalue weighted by atomic mass is 9.96. The fourth-order valence-electron chi connectivity index (χ4n) is 2.78. The van der Waals surface area contributed by atoms with Crippen molar-refractivity contribution < 1.29 is 33.0 Å². The number of ether oxygens (including phenoxy) is 4. The van der Waals surface area contributed by atoms with Crippen LogP contribution in [-0.4, -0.2) is 69.3 Å². The molecule has 0 aliphatic heterocycles. The highest BCUT2D eigenvalue weighted by Crippen LogP contribution is 2.37. The molecule has 0 unspecified atom stereocenters. The van der Waals surface area contributed by atoms with Crippen molar-refractivity contribution in [3.8, 4) is 0 Å². The third kappa shape index (κ3) is 12.0. The SMILES string of the molecule is COCO[C@@H](CO[Si](C)(C)C(C)(C)C)C[C@H](C(C)C)N(C(=O)OC(C)(C)C)C(=O)OC(C)(C)C. The van der Waals surface area contributed by atoms with Crippen LogP contribution in [0.2, 0.25) is 18.1 Å². The number of methoxy groups -OCH3 is 1. The van der Waals surface area contributed by atoms with Gasteiger partial charge in [-0.2, -0.15) is 0 Å². The Kier molecular flexibility index (Phi) is 12.3. The second-order valence-electron chi connectivity index (χ2n) is 12.6. The van der Waals surface area contributed by atoms with Gasteiger partial charge in [0.2, 0.25) is 0 Å². The Morgan fingerprint density at radius 1 is 0.853 bits per heavy atom. The maximum atomic E-state index is 13.2. The first-order valence-electron chi connectivity index (χ1n) is 12.1. The predicted octanol–water partition coefficient (Wildman–Crippen LogP) is 6.58. The average molecular weight is 506 g/mol. The van der Waals surface area contributed by atoms with Crippen LogP contribution in [0.25, 0.3) is 0 Å². The van der Waals surface area contributed by atoms with Crippen molar-refractivity contribution in [1.29, 1.82) is 0 Å². The first-order chi connectivity index (χ1) is 15.1. The number of hydrogen-bond acceptors (Lipinski definition) is 7. The largest absolute Gasteiger partial charge is 0.443 e. The molecule has 2 atom stereocenters. The normalized spacial score (nSPS) is 15.1. The minimum Gasteiger partial charge on any atom is -0.443 e. The molecular weight excluding hydrogens is 454 g/mol. The minimum absolute atomic E-state index is 0.0370. The Hall–Kier alpha value is -1.16. The Labute approximate surface area is 209 Å². The topological polar surface area (TPSA) is 83.5 Å². The van der Waals surface area contributed by atoms with Gasteiger partial charge in [0.05, 0.1) is 18.8 Å². The molecule has 0 aromatic heterocycles. The van der Waals surface area contributed by atoms with E-state index in [0.29, 0.717) is 13.0 Å². The van der Waals surface area contributed by atoms with E-state index in [9.17, 15) is 9.59 Å². The molecule has 8 nitrogen and oxygen atoms in total. The Balaban J connectivity index is 6.03. The van der Waals surface area contributed by atoms with E-state index in [1.165, 1.54) is 0 Å². The van der Waals surface area contributed by atoms with Crippen LogP contribution in [0.1, 0.15) is 82.6 Å². The van der Waals surface area contributed by atoms with E-state index in [2.05, 4.69) is 33.9 Å². The minimum atomic E-state index is -2.04. The van der Waals surface area contributed by atoms with Crippen LogP contribution < -0.4 is 0 Å². The van der Waals surface area contributed by atoms with Crippen LogP contribution in [-0.2, 0) is 23.4 Å². The Bertz CT molecular complexity index is 617. The second-order valence-corrected chi connectivity index (χ2v) is 17.5. The standard InChI is InChI=1S/C25H51NO7Si/c1-18(2)20(15-19(30-17-29-12)16-31-34(13,14)25(9,10)11)26(21(27)32-23(3,4)5)22(28)33-24(6,7)8/h18-20H,15-17H2,1-14H3/t19-,20-/m1/s1. The smallest absolute Gasteiger partial charge is 0.420 e. The van der Waals surface area contributed by atoms with E-state index < -0.39 is 43.9 Å². The van der Waals surface area contributed by atoms with Gasteiger partial charge in [0.15, 0.2) is 8.32 Å². The summed E-state index contributed by atoms with van der Waals surface area (Å²) < 4.78 is 28.6. The number of hydrogen-bond donors (Lipinski definition) is 0. The zero-order valence-electron chi connectivity index (χ0n) is 24.2. The summed E-state index contributed by atoms with van der Waals surface area (Å²) in [5.74, 6) is -0.0819. The molecule has 0 saturated heterocycles. The van der Waals surface area contributed by atoms with Crippen molar-refractivity contribution in [2.75, 3.05) is 20.5 Å². The van der Waals surface area contributed by atoms with E-state index in [1.807, 2.05) is 13.8 Å². The number of carbonyl (C=O) groups excluding carboxylic acids is 2. The van der Waals surface area contributed by atoms with Gasteiger partial charge in [-0.25, -0.2) is 14.5 Å². The van der Waals surface area contributed by atoms with Gasteiger partial charge < -0.3 is 23.4 Å². The molecule has 9 heteroatoms. The van der Waals surface area contributed by atoms with Gasteiger partial charge in [0.25, 0.3) is 0 Å². The third-order valence-electron chi connectivity index (χ3n) is 5.64. The zero-order chi connectivity index (χ0) is 27.1. The third-order valence-corrected chi connectivity index (χ3v) is 10.1. The number of nitrogens with zero attached hydrogens (tertiary/aromatic N) is 1. The highest BCUT2D eigenvalue weighted by atomic mass is 28.4. The first-order valence-corrected chi connectivity index (χ1v) is 15.0. The zero-order valence-corrected chi connectivity index (χ0v) is 25.2. The molecule has 0 fully saturated rings. The second kappa shape index (κ2) is 12.7. The van der Waals surface area contributed by atoms with E-state index in [0.717, 1.165) is 4.90 Å². The van der Waals surface area contributed by atoms with Gasteiger partial charge in [-0.1, -0.05) is 34.6 Å². The molecule has 2 amide bonds. The molecule has 0 heterocycles. The van der Waals surface area contributed by atoms with Crippen LogP contribution in [0.3, 0.4) is 0 Å². The van der Waals surface area contributed by atoms with Gasteiger partial charge in [0.1, 0.15) is 18.0 Å². The van der Waals surface area contributed by atoms with Gasteiger partial charge >= 0.3 is 12.2 Å². The summed E-state index contributed by atoms with van der Waals surface area (Å²) in [6.45, 7) is 25.8. The molecule has 0 aromatic rings. The van der Waals surface area contributed by atoms with Gasteiger partial charge in [0, 0.05) is 7.11 Å². The lowest BCUT2D eigenvalue weighted by Gasteiger charge is -2.39. The molecule has 0 bridgehead atoms. The van der Waals surface area contributed by atoms with Crippen LogP contribution in [0.5, 0.6) is 0 Å². The van der Waals surface area contributed by atoms with Crippen molar-refractivity contribution >= 4 is 20.5 Å². The average Bonchev–Trinajstić information content (AvgIpc) is 2.58. The fourth-order valence-corrected chi connectivity index (χ4v) is 3.81. The molecule has 0 saturated carbocycles.